The van der Waals surface area contributed by atoms with E-state index in [1.165, 1.54) is 25.3 Å². The van der Waals surface area contributed by atoms with Crippen LogP contribution in [0.15, 0.2) is 66.7 Å². The summed E-state index contributed by atoms with van der Waals surface area (Å²) in [5, 5.41) is 4.90. The highest BCUT2D eigenvalue weighted by atomic mass is 19.3. The Hall–Kier alpha value is -3.41. The van der Waals surface area contributed by atoms with E-state index in [1.807, 2.05) is 42.5 Å². The molecule has 1 amide bonds. The summed E-state index contributed by atoms with van der Waals surface area (Å²) in [4.78, 5) is 12.1. The van der Waals surface area contributed by atoms with Gasteiger partial charge in [0, 0.05) is 11.8 Å². The summed E-state index contributed by atoms with van der Waals surface area (Å²) in [7, 11) is 1.35. The van der Waals surface area contributed by atoms with Crippen molar-refractivity contribution < 1.29 is 23.0 Å². The van der Waals surface area contributed by atoms with Gasteiger partial charge in [-0.15, -0.1) is 0 Å². The number of ether oxygens (including phenoxy) is 2. The number of amides is 1. The zero-order chi connectivity index (χ0) is 19.2. The minimum Gasteiger partial charge on any atom is -0.493 e. The third-order valence-corrected chi connectivity index (χ3v) is 3.85. The summed E-state index contributed by atoms with van der Waals surface area (Å²) < 4.78 is 34.1. The molecule has 3 aromatic carbocycles. The van der Waals surface area contributed by atoms with Gasteiger partial charge in [0.25, 0.3) is 0 Å². The van der Waals surface area contributed by atoms with E-state index in [1.54, 1.807) is 12.1 Å². The molecule has 27 heavy (non-hydrogen) atoms. The molecule has 0 spiro atoms. The van der Waals surface area contributed by atoms with Crippen molar-refractivity contribution in [2.24, 2.45) is 0 Å². The molecule has 6 heteroatoms. The molecule has 0 bridgehead atoms. The summed E-state index contributed by atoms with van der Waals surface area (Å²) in [5.41, 5.74) is 1.30. The number of methoxy groups -OCH3 is 1. The normalized spacial score (nSPS) is 11.1. The highest BCUT2D eigenvalue weighted by molar-refractivity contribution is 6.03. The van der Waals surface area contributed by atoms with Crippen LogP contribution in [-0.4, -0.2) is 19.6 Å². The highest BCUT2D eigenvalue weighted by Gasteiger charge is 2.10. The predicted molar refractivity (Wildman–Crippen MR) is 101 cm³/mol. The van der Waals surface area contributed by atoms with Crippen molar-refractivity contribution in [3.8, 4) is 11.5 Å². The van der Waals surface area contributed by atoms with Gasteiger partial charge in [-0.25, -0.2) is 0 Å². The Labute approximate surface area is 155 Å². The maximum Gasteiger partial charge on any atom is 0.387 e. The number of benzene rings is 3. The van der Waals surface area contributed by atoms with Gasteiger partial charge in [0.05, 0.1) is 7.11 Å². The molecule has 0 saturated carbocycles. The van der Waals surface area contributed by atoms with Crippen LogP contribution in [0, 0.1) is 0 Å². The zero-order valence-electron chi connectivity index (χ0n) is 14.5. The second-order valence-corrected chi connectivity index (χ2v) is 5.67. The molecule has 0 aliphatic carbocycles. The van der Waals surface area contributed by atoms with Gasteiger partial charge >= 0.3 is 6.61 Å². The minimum atomic E-state index is -2.94. The van der Waals surface area contributed by atoms with Crippen molar-refractivity contribution in [1.29, 1.82) is 0 Å². The lowest BCUT2D eigenvalue weighted by Crippen LogP contribution is -2.07. The largest absolute Gasteiger partial charge is 0.493 e. The molecule has 3 aromatic rings. The van der Waals surface area contributed by atoms with Crippen LogP contribution in [0.1, 0.15) is 5.56 Å². The number of carbonyl (C=O) groups is 1. The standard InChI is InChI=1S/C21H17F2NO3/c1-26-19-12-14(6-10-18(19)27-21(22)23)7-11-20(25)24-17-9-8-15-4-2-3-5-16(15)13-17/h2-13,21H,1H3,(H,24,25)/b11-7+. The Bertz CT molecular complexity index is 986. The van der Waals surface area contributed by atoms with Crippen LogP contribution in [0.25, 0.3) is 16.8 Å². The first-order valence-corrected chi connectivity index (χ1v) is 8.16. The van der Waals surface area contributed by atoms with Crippen LogP contribution < -0.4 is 14.8 Å². The highest BCUT2D eigenvalue weighted by Crippen LogP contribution is 2.29. The zero-order valence-corrected chi connectivity index (χ0v) is 14.5. The molecule has 0 saturated heterocycles. The van der Waals surface area contributed by atoms with E-state index >= 15 is 0 Å². The molecule has 1 N–H and O–H groups in total. The van der Waals surface area contributed by atoms with E-state index in [2.05, 4.69) is 10.1 Å². The van der Waals surface area contributed by atoms with E-state index in [0.717, 1.165) is 10.8 Å². The third kappa shape index (κ3) is 4.82. The first-order chi connectivity index (χ1) is 13.0. The van der Waals surface area contributed by atoms with Crippen molar-refractivity contribution in [3.63, 3.8) is 0 Å². The monoisotopic (exact) mass is 369 g/mol. The number of rotatable bonds is 6. The first kappa shape index (κ1) is 18.4. The maximum atomic E-state index is 12.4. The van der Waals surface area contributed by atoms with Gasteiger partial charge in [-0.2, -0.15) is 8.78 Å². The lowest BCUT2D eigenvalue weighted by molar-refractivity contribution is -0.111. The maximum absolute atomic E-state index is 12.4. The lowest BCUT2D eigenvalue weighted by Gasteiger charge is -2.10. The molecule has 0 heterocycles. The van der Waals surface area contributed by atoms with Crippen molar-refractivity contribution >= 4 is 28.4 Å². The van der Waals surface area contributed by atoms with Crippen LogP contribution in [0.4, 0.5) is 14.5 Å². The molecule has 0 aliphatic heterocycles. The number of hydrogen-bond donors (Lipinski definition) is 1. The van der Waals surface area contributed by atoms with Crippen LogP contribution in [0.5, 0.6) is 11.5 Å². The molecule has 0 atom stereocenters. The smallest absolute Gasteiger partial charge is 0.387 e. The van der Waals surface area contributed by atoms with E-state index < -0.39 is 6.61 Å². The van der Waals surface area contributed by atoms with E-state index in [4.69, 9.17) is 4.74 Å². The Morgan fingerprint density at radius 1 is 1.00 bits per heavy atom. The Morgan fingerprint density at radius 2 is 1.78 bits per heavy atom. The van der Waals surface area contributed by atoms with E-state index in [0.29, 0.717) is 11.3 Å². The molecule has 0 radical (unpaired) electrons. The molecule has 4 nitrogen and oxygen atoms in total. The summed E-state index contributed by atoms with van der Waals surface area (Å²) in [6.07, 6.45) is 2.92. The van der Waals surface area contributed by atoms with Crippen molar-refractivity contribution in [3.05, 3.63) is 72.3 Å². The van der Waals surface area contributed by atoms with Crippen LogP contribution in [-0.2, 0) is 4.79 Å². The van der Waals surface area contributed by atoms with Gasteiger partial charge in [-0.05, 0) is 46.7 Å². The summed E-state index contributed by atoms with van der Waals surface area (Å²) >= 11 is 0. The van der Waals surface area contributed by atoms with Crippen molar-refractivity contribution in [2.45, 2.75) is 6.61 Å². The van der Waals surface area contributed by atoms with Crippen LogP contribution >= 0.6 is 0 Å². The number of halogens is 2. The molecular formula is C21H17F2NO3. The number of carbonyl (C=O) groups excluding carboxylic acids is 1. The van der Waals surface area contributed by atoms with E-state index in [-0.39, 0.29) is 17.4 Å². The van der Waals surface area contributed by atoms with Crippen molar-refractivity contribution in [2.75, 3.05) is 12.4 Å². The predicted octanol–water partition coefficient (Wildman–Crippen LogP) is 5.10. The fraction of sp³-hybridized carbons (Fsp3) is 0.0952. The molecule has 3 rings (SSSR count). The first-order valence-electron chi connectivity index (χ1n) is 8.16. The quantitative estimate of drug-likeness (QED) is 0.615. The number of anilines is 1. The summed E-state index contributed by atoms with van der Waals surface area (Å²) in [5.74, 6) is -0.213. The van der Waals surface area contributed by atoms with E-state index in [9.17, 15) is 13.6 Å². The number of nitrogens with one attached hydrogen (secondary N) is 1. The van der Waals surface area contributed by atoms with Gasteiger partial charge in [-0.3, -0.25) is 4.79 Å². The van der Waals surface area contributed by atoms with Crippen LogP contribution in [0.2, 0.25) is 0 Å². The Morgan fingerprint density at radius 3 is 2.52 bits per heavy atom. The molecule has 0 unspecified atom stereocenters. The third-order valence-electron chi connectivity index (χ3n) is 3.85. The van der Waals surface area contributed by atoms with Crippen LogP contribution in [0.3, 0.4) is 0 Å². The Balaban J connectivity index is 1.70. The molecule has 0 aromatic heterocycles. The second kappa shape index (κ2) is 8.31. The SMILES string of the molecule is COc1cc(/C=C/C(=O)Nc2ccc3ccccc3c2)ccc1OC(F)F. The number of hydrogen-bond acceptors (Lipinski definition) is 3. The average Bonchev–Trinajstić information content (AvgIpc) is 2.66. The molecule has 0 fully saturated rings. The van der Waals surface area contributed by atoms with Gasteiger partial charge in [0.15, 0.2) is 11.5 Å². The lowest BCUT2D eigenvalue weighted by atomic mass is 10.1. The average molecular weight is 369 g/mol. The number of alkyl halides is 2. The second-order valence-electron chi connectivity index (χ2n) is 5.67. The summed E-state index contributed by atoms with van der Waals surface area (Å²) in [6.45, 7) is -2.94. The molecule has 0 aliphatic rings. The number of fused-ring (bicyclic) bond motifs is 1. The fourth-order valence-corrected chi connectivity index (χ4v) is 2.60. The van der Waals surface area contributed by atoms with Gasteiger partial charge in [-0.1, -0.05) is 36.4 Å². The van der Waals surface area contributed by atoms with Gasteiger partial charge in [0.2, 0.25) is 5.91 Å². The minimum absolute atomic E-state index is 0.0646. The topological polar surface area (TPSA) is 47.6 Å². The van der Waals surface area contributed by atoms with Gasteiger partial charge in [0.1, 0.15) is 0 Å². The molecular weight excluding hydrogens is 352 g/mol. The molecule has 138 valence electrons. The Kier molecular flexibility index (Phi) is 5.66. The summed E-state index contributed by atoms with van der Waals surface area (Å²) in [6, 6.07) is 17.9. The fourth-order valence-electron chi connectivity index (χ4n) is 2.60. The van der Waals surface area contributed by atoms with Gasteiger partial charge < -0.3 is 14.8 Å². The van der Waals surface area contributed by atoms with Crippen molar-refractivity contribution in [1.82, 2.24) is 0 Å².